The highest BCUT2D eigenvalue weighted by Gasteiger charge is 2.38. The van der Waals surface area contributed by atoms with Gasteiger partial charge in [0.15, 0.2) is 0 Å². The first-order valence-electron chi connectivity index (χ1n) is 10.5. The fourth-order valence-corrected chi connectivity index (χ4v) is 4.57. The van der Waals surface area contributed by atoms with Gasteiger partial charge < -0.3 is 14.7 Å². The van der Waals surface area contributed by atoms with Gasteiger partial charge in [-0.05, 0) is 50.7 Å². The molecule has 1 aromatic rings. The van der Waals surface area contributed by atoms with E-state index in [2.05, 4.69) is 36.2 Å². The quantitative estimate of drug-likeness (QED) is 0.820. The van der Waals surface area contributed by atoms with Crippen molar-refractivity contribution in [2.45, 2.75) is 44.6 Å². The lowest BCUT2D eigenvalue weighted by Crippen LogP contribution is -2.51. The van der Waals surface area contributed by atoms with Gasteiger partial charge in [0.2, 0.25) is 11.8 Å². The van der Waals surface area contributed by atoms with Gasteiger partial charge in [0.1, 0.15) is 0 Å². The van der Waals surface area contributed by atoms with Gasteiger partial charge in [0.05, 0.1) is 5.92 Å². The van der Waals surface area contributed by atoms with Crippen molar-refractivity contribution in [1.29, 1.82) is 0 Å². The Morgan fingerprint density at radius 1 is 0.852 bits per heavy atom. The van der Waals surface area contributed by atoms with Gasteiger partial charge in [0.25, 0.3) is 0 Å². The molecule has 3 fully saturated rings. The Morgan fingerprint density at radius 2 is 1.52 bits per heavy atom. The van der Waals surface area contributed by atoms with Gasteiger partial charge in [-0.2, -0.15) is 0 Å². The molecule has 0 radical (unpaired) electrons. The largest absolute Gasteiger partial charge is 0.371 e. The molecular formula is C22H31N3O2. The number of likely N-dealkylation sites (tertiary alicyclic amines) is 2. The summed E-state index contributed by atoms with van der Waals surface area (Å²) in [6.07, 6.45) is 5.98. The number of anilines is 1. The highest BCUT2D eigenvalue weighted by atomic mass is 16.2. The Hall–Kier alpha value is -2.04. The fraction of sp³-hybridized carbons (Fsp3) is 0.636. The molecule has 1 aromatic carbocycles. The summed E-state index contributed by atoms with van der Waals surface area (Å²) in [6.45, 7) is 3.13. The minimum Gasteiger partial charge on any atom is -0.371 e. The van der Waals surface area contributed by atoms with E-state index < -0.39 is 0 Å². The van der Waals surface area contributed by atoms with Crippen LogP contribution in [0.2, 0.25) is 0 Å². The first-order chi connectivity index (χ1) is 13.1. The van der Waals surface area contributed by atoms with E-state index in [1.165, 1.54) is 5.69 Å². The van der Waals surface area contributed by atoms with Crippen LogP contribution < -0.4 is 4.90 Å². The fourth-order valence-electron chi connectivity index (χ4n) is 4.57. The lowest BCUT2D eigenvalue weighted by atomic mass is 9.94. The second-order valence-corrected chi connectivity index (χ2v) is 8.40. The summed E-state index contributed by atoms with van der Waals surface area (Å²) in [5.41, 5.74) is 1.24. The highest BCUT2D eigenvalue weighted by Crippen LogP contribution is 2.33. The number of hydrogen-bond acceptors (Lipinski definition) is 3. The van der Waals surface area contributed by atoms with Gasteiger partial charge in [0, 0.05) is 50.9 Å². The number of nitrogens with zero attached hydrogens (tertiary/aromatic N) is 3. The monoisotopic (exact) mass is 369 g/mol. The highest BCUT2D eigenvalue weighted by molar-refractivity contribution is 5.83. The van der Waals surface area contributed by atoms with Crippen LogP contribution in [0.5, 0.6) is 0 Å². The maximum absolute atomic E-state index is 13.0. The normalized spacial score (nSPS) is 24.0. The van der Waals surface area contributed by atoms with Crippen LogP contribution in [0.1, 0.15) is 38.5 Å². The average molecular weight is 370 g/mol. The molecule has 1 atom stereocenters. The van der Waals surface area contributed by atoms with E-state index in [-0.39, 0.29) is 23.7 Å². The van der Waals surface area contributed by atoms with E-state index in [1.807, 2.05) is 15.9 Å². The second kappa shape index (κ2) is 7.91. The van der Waals surface area contributed by atoms with Gasteiger partial charge >= 0.3 is 0 Å². The van der Waals surface area contributed by atoms with Crippen LogP contribution in [0.4, 0.5) is 5.69 Å². The zero-order valence-corrected chi connectivity index (χ0v) is 16.3. The van der Waals surface area contributed by atoms with Crippen LogP contribution in [0.25, 0.3) is 0 Å². The summed E-state index contributed by atoms with van der Waals surface area (Å²) in [6, 6.07) is 11.0. The van der Waals surface area contributed by atoms with Crippen LogP contribution in [0, 0.1) is 11.8 Å². The number of para-hydroxylation sites is 1. The molecule has 146 valence electrons. The van der Waals surface area contributed by atoms with Crippen molar-refractivity contribution >= 4 is 17.5 Å². The number of carbonyl (C=O) groups excluding carboxylic acids is 2. The molecule has 2 heterocycles. The van der Waals surface area contributed by atoms with E-state index in [9.17, 15) is 9.59 Å². The van der Waals surface area contributed by atoms with Gasteiger partial charge in [-0.15, -0.1) is 0 Å². The maximum atomic E-state index is 13.0. The summed E-state index contributed by atoms with van der Waals surface area (Å²) in [5, 5.41) is 0. The molecule has 2 amide bonds. The zero-order chi connectivity index (χ0) is 18.8. The van der Waals surface area contributed by atoms with Crippen LogP contribution in [0.15, 0.2) is 30.3 Å². The summed E-state index contributed by atoms with van der Waals surface area (Å²) in [5.74, 6) is 0.813. The summed E-state index contributed by atoms with van der Waals surface area (Å²) in [4.78, 5) is 31.7. The Kier molecular flexibility index (Phi) is 5.37. The van der Waals surface area contributed by atoms with E-state index in [4.69, 9.17) is 0 Å². The molecule has 2 saturated heterocycles. The third kappa shape index (κ3) is 4.12. The lowest BCUT2D eigenvalue weighted by Gasteiger charge is -2.40. The van der Waals surface area contributed by atoms with Gasteiger partial charge in [-0.3, -0.25) is 9.59 Å². The molecule has 0 N–H and O–H groups in total. The molecule has 1 unspecified atom stereocenters. The van der Waals surface area contributed by atoms with Crippen molar-refractivity contribution in [3.05, 3.63) is 30.3 Å². The summed E-state index contributed by atoms with van der Waals surface area (Å²) >= 11 is 0. The summed E-state index contributed by atoms with van der Waals surface area (Å²) < 4.78 is 0. The van der Waals surface area contributed by atoms with Crippen LogP contribution in [-0.4, -0.2) is 60.9 Å². The first kappa shape index (κ1) is 18.3. The lowest BCUT2D eigenvalue weighted by molar-refractivity contribution is -0.142. The molecule has 1 aliphatic carbocycles. The minimum atomic E-state index is 0.00449. The molecule has 0 spiro atoms. The van der Waals surface area contributed by atoms with Crippen LogP contribution in [0.3, 0.4) is 0 Å². The van der Waals surface area contributed by atoms with E-state index >= 15 is 0 Å². The predicted molar refractivity (Wildman–Crippen MR) is 106 cm³/mol. The van der Waals surface area contributed by atoms with Gasteiger partial charge in [-0.1, -0.05) is 18.2 Å². The first-order valence-corrected chi connectivity index (χ1v) is 10.5. The molecule has 0 bridgehead atoms. The van der Waals surface area contributed by atoms with Crippen molar-refractivity contribution in [3.8, 4) is 0 Å². The number of rotatable bonds is 4. The van der Waals surface area contributed by atoms with E-state index in [0.717, 1.165) is 58.2 Å². The topological polar surface area (TPSA) is 43.9 Å². The number of piperidine rings is 2. The molecule has 1 saturated carbocycles. The van der Waals surface area contributed by atoms with E-state index in [1.54, 1.807) is 0 Å². The predicted octanol–water partition coefficient (Wildman–Crippen LogP) is 2.76. The number of carbonyl (C=O) groups is 2. The molecule has 5 nitrogen and oxygen atoms in total. The van der Waals surface area contributed by atoms with Crippen molar-refractivity contribution < 1.29 is 9.59 Å². The Morgan fingerprint density at radius 3 is 2.19 bits per heavy atom. The Labute approximate surface area is 162 Å². The molecule has 2 aliphatic heterocycles. The van der Waals surface area contributed by atoms with Crippen molar-refractivity contribution in [1.82, 2.24) is 9.80 Å². The average Bonchev–Trinajstić information content (AvgIpc) is 3.58. The SMILES string of the molecule is CN(c1ccccc1)C1CCN(C(=O)C2CCCN(C(=O)C3CC3)C2)CC1. The standard InChI is InChI=1S/C22H31N3O2/c1-23(19-7-3-2-4-8-19)20-11-14-24(15-12-20)22(27)18-6-5-13-25(16-18)21(26)17-9-10-17/h2-4,7-8,17-18,20H,5-6,9-16H2,1H3. The molecule has 0 aromatic heterocycles. The second-order valence-electron chi connectivity index (χ2n) is 8.40. The third-order valence-corrected chi connectivity index (χ3v) is 6.50. The molecule has 4 rings (SSSR count). The third-order valence-electron chi connectivity index (χ3n) is 6.50. The molecule has 27 heavy (non-hydrogen) atoms. The number of benzene rings is 1. The van der Waals surface area contributed by atoms with Gasteiger partial charge in [-0.25, -0.2) is 0 Å². The zero-order valence-electron chi connectivity index (χ0n) is 16.3. The van der Waals surface area contributed by atoms with Crippen LogP contribution >= 0.6 is 0 Å². The smallest absolute Gasteiger partial charge is 0.227 e. The van der Waals surface area contributed by atoms with Crippen molar-refractivity contribution in [2.24, 2.45) is 11.8 Å². The molecular weight excluding hydrogens is 338 g/mol. The molecule has 5 heteroatoms. The Balaban J connectivity index is 1.30. The summed E-state index contributed by atoms with van der Waals surface area (Å²) in [7, 11) is 2.15. The van der Waals surface area contributed by atoms with Crippen LogP contribution in [-0.2, 0) is 9.59 Å². The number of hydrogen-bond donors (Lipinski definition) is 0. The minimum absolute atomic E-state index is 0.00449. The van der Waals surface area contributed by atoms with Crippen molar-refractivity contribution in [2.75, 3.05) is 38.1 Å². The Bertz CT molecular complexity index is 665. The number of amides is 2. The molecule has 3 aliphatic rings. The van der Waals surface area contributed by atoms with Crippen molar-refractivity contribution in [3.63, 3.8) is 0 Å². The maximum Gasteiger partial charge on any atom is 0.227 e. The van der Waals surface area contributed by atoms with E-state index in [0.29, 0.717) is 12.6 Å².